The number of ether oxygens (including phenoxy) is 1. The van der Waals surface area contributed by atoms with E-state index in [1.165, 1.54) is 4.31 Å². The van der Waals surface area contributed by atoms with E-state index in [4.69, 9.17) is 9.72 Å². The lowest BCUT2D eigenvalue weighted by molar-refractivity contribution is 0.196. The third-order valence-electron chi connectivity index (χ3n) is 7.15. The number of piperazine rings is 1. The number of hydrogen-bond donors (Lipinski definition) is 1. The molecule has 40 heavy (non-hydrogen) atoms. The van der Waals surface area contributed by atoms with Gasteiger partial charge in [0.15, 0.2) is 5.52 Å². The van der Waals surface area contributed by atoms with Gasteiger partial charge < -0.3 is 14.6 Å². The number of sulfonamides is 1. The van der Waals surface area contributed by atoms with Crippen molar-refractivity contribution in [1.82, 2.24) is 33.9 Å². The van der Waals surface area contributed by atoms with Gasteiger partial charge in [-0.2, -0.15) is 9.40 Å². The molecule has 1 N–H and O–H groups in total. The van der Waals surface area contributed by atoms with E-state index in [-0.39, 0.29) is 16.2 Å². The Hall–Kier alpha value is -3.61. The monoisotopic (exact) mass is 565 g/mol. The Labute approximate surface area is 233 Å². The molecule has 1 fully saturated rings. The predicted octanol–water partition coefficient (Wildman–Crippen LogP) is 2.91. The Kier molecular flexibility index (Phi) is 8.29. The van der Waals surface area contributed by atoms with Gasteiger partial charge in [0, 0.05) is 32.4 Å². The molecule has 0 unspecified atom stereocenters. The Bertz CT molecular complexity index is 1640. The number of likely N-dealkylation sites (N-methyl/N-ethyl adjacent to an activating group) is 1. The fourth-order valence-electron chi connectivity index (χ4n) is 5.02. The smallest absolute Gasteiger partial charge is 0.279 e. The molecule has 212 valence electrons. The van der Waals surface area contributed by atoms with Gasteiger partial charge in [0.25, 0.3) is 5.56 Å². The molecule has 5 rings (SSSR count). The number of nitrogens with zero attached hydrogens (tertiary/aromatic N) is 6. The van der Waals surface area contributed by atoms with Gasteiger partial charge in [-0.1, -0.05) is 26.3 Å². The highest BCUT2D eigenvalue weighted by Gasteiger charge is 2.29. The summed E-state index contributed by atoms with van der Waals surface area (Å²) in [5.41, 5.74) is 2.38. The van der Waals surface area contributed by atoms with Crippen LogP contribution in [0.3, 0.4) is 0 Å². The van der Waals surface area contributed by atoms with Crippen LogP contribution in [0.15, 0.2) is 52.3 Å². The van der Waals surface area contributed by atoms with Gasteiger partial charge in [-0.25, -0.2) is 13.4 Å². The number of pyridine rings is 1. The van der Waals surface area contributed by atoms with Crippen LogP contribution in [0.1, 0.15) is 38.6 Å². The Morgan fingerprint density at radius 3 is 2.50 bits per heavy atom. The van der Waals surface area contributed by atoms with Gasteiger partial charge in [0.2, 0.25) is 10.0 Å². The molecule has 1 aliphatic heterocycles. The molecule has 1 aromatic carbocycles. The summed E-state index contributed by atoms with van der Waals surface area (Å²) in [4.78, 5) is 27.7. The molecule has 1 saturated heterocycles. The van der Waals surface area contributed by atoms with Crippen LogP contribution in [-0.4, -0.2) is 81.7 Å². The number of aromatic nitrogens is 5. The zero-order chi connectivity index (χ0) is 28.3. The summed E-state index contributed by atoms with van der Waals surface area (Å²) in [6, 6.07) is 10.4. The van der Waals surface area contributed by atoms with E-state index >= 15 is 0 Å². The topological polar surface area (TPSA) is 126 Å². The van der Waals surface area contributed by atoms with Crippen molar-refractivity contribution >= 4 is 21.1 Å². The molecule has 12 heteroatoms. The number of benzene rings is 1. The maximum atomic E-state index is 13.6. The Morgan fingerprint density at radius 1 is 1.02 bits per heavy atom. The summed E-state index contributed by atoms with van der Waals surface area (Å²) in [5.74, 6) is 0.682. The highest BCUT2D eigenvalue weighted by Crippen LogP contribution is 2.32. The molecule has 0 bridgehead atoms. The molecular weight excluding hydrogens is 530 g/mol. The maximum absolute atomic E-state index is 13.6. The van der Waals surface area contributed by atoms with Crippen LogP contribution < -0.4 is 10.3 Å². The van der Waals surface area contributed by atoms with Crippen molar-refractivity contribution in [3.63, 3.8) is 0 Å². The largest absolute Gasteiger partial charge is 0.493 e. The highest BCUT2D eigenvalue weighted by molar-refractivity contribution is 7.89. The minimum Gasteiger partial charge on any atom is -0.493 e. The number of rotatable bonds is 10. The van der Waals surface area contributed by atoms with Gasteiger partial charge in [0.05, 0.1) is 35.0 Å². The van der Waals surface area contributed by atoms with Crippen LogP contribution in [0, 0.1) is 0 Å². The average molecular weight is 566 g/mol. The molecule has 0 atom stereocenters. The van der Waals surface area contributed by atoms with E-state index in [0.717, 1.165) is 24.4 Å². The fraction of sp³-hybridized carbons (Fsp3) is 0.429. The number of aromatic amines is 1. The summed E-state index contributed by atoms with van der Waals surface area (Å²) in [6.07, 6.45) is 3.22. The quantitative estimate of drug-likeness (QED) is 0.311. The lowest BCUT2D eigenvalue weighted by Gasteiger charge is -2.33. The molecule has 3 aromatic heterocycles. The number of H-pyrrole nitrogens is 1. The first-order valence-electron chi connectivity index (χ1n) is 13.7. The van der Waals surface area contributed by atoms with Gasteiger partial charge in [0.1, 0.15) is 17.1 Å². The van der Waals surface area contributed by atoms with Crippen LogP contribution in [0.25, 0.3) is 22.4 Å². The number of hydrogen-bond acceptors (Lipinski definition) is 8. The van der Waals surface area contributed by atoms with Crippen molar-refractivity contribution in [3.05, 3.63) is 64.3 Å². The standard InChI is InChI=1S/C28H35N7O4S/c1-4-9-23-25-26(32-35(23)19-20-10-7-8-13-29-20)28(36)31-27(30-25)22-18-21(11-12-24(22)39-6-3)40(37,38)34-16-14-33(5-2)15-17-34/h7-8,10-13,18H,4-6,9,14-17,19H2,1-3H3,(H,30,31,36). The molecule has 0 radical (unpaired) electrons. The summed E-state index contributed by atoms with van der Waals surface area (Å²) in [6.45, 7) is 9.87. The van der Waals surface area contributed by atoms with Crippen molar-refractivity contribution in [2.75, 3.05) is 39.3 Å². The Balaban J connectivity index is 1.59. The Morgan fingerprint density at radius 2 is 1.82 bits per heavy atom. The lowest BCUT2D eigenvalue weighted by Crippen LogP contribution is -2.48. The van der Waals surface area contributed by atoms with Crippen LogP contribution in [0.4, 0.5) is 0 Å². The van der Waals surface area contributed by atoms with Crippen molar-refractivity contribution in [3.8, 4) is 17.1 Å². The normalized spacial score (nSPS) is 15.1. The lowest BCUT2D eigenvalue weighted by atomic mass is 10.1. The summed E-state index contributed by atoms with van der Waals surface area (Å²) >= 11 is 0. The molecule has 11 nitrogen and oxygen atoms in total. The van der Waals surface area contributed by atoms with E-state index in [2.05, 4.69) is 33.8 Å². The second-order valence-electron chi connectivity index (χ2n) is 9.72. The first-order chi connectivity index (χ1) is 19.3. The predicted molar refractivity (Wildman–Crippen MR) is 153 cm³/mol. The first kappa shape index (κ1) is 27.9. The highest BCUT2D eigenvalue weighted by atomic mass is 32.2. The van der Waals surface area contributed by atoms with Crippen molar-refractivity contribution < 1.29 is 13.2 Å². The zero-order valence-corrected chi connectivity index (χ0v) is 23.9. The molecule has 4 aromatic rings. The van der Waals surface area contributed by atoms with E-state index in [1.54, 1.807) is 29.1 Å². The number of aryl methyl sites for hydroxylation is 1. The van der Waals surface area contributed by atoms with Crippen molar-refractivity contribution in [1.29, 1.82) is 0 Å². The van der Waals surface area contributed by atoms with Crippen molar-refractivity contribution in [2.45, 2.75) is 45.1 Å². The van der Waals surface area contributed by atoms with Gasteiger partial charge in [-0.15, -0.1) is 0 Å². The number of fused-ring (bicyclic) bond motifs is 1. The summed E-state index contributed by atoms with van der Waals surface area (Å²) in [5, 5.41) is 4.58. The maximum Gasteiger partial charge on any atom is 0.279 e. The van der Waals surface area contributed by atoms with Crippen LogP contribution in [-0.2, 0) is 23.0 Å². The molecule has 0 saturated carbocycles. The van der Waals surface area contributed by atoms with Gasteiger partial charge >= 0.3 is 0 Å². The third kappa shape index (κ3) is 5.51. The first-order valence-corrected chi connectivity index (χ1v) is 15.2. The van der Waals surface area contributed by atoms with E-state index < -0.39 is 15.6 Å². The second-order valence-corrected chi connectivity index (χ2v) is 11.7. The molecule has 0 amide bonds. The molecular formula is C28H35N7O4S. The van der Waals surface area contributed by atoms with Crippen LogP contribution >= 0.6 is 0 Å². The van der Waals surface area contributed by atoms with Gasteiger partial charge in [-0.3, -0.25) is 14.5 Å². The zero-order valence-electron chi connectivity index (χ0n) is 23.1. The molecule has 0 aliphatic carbocycles. The van der Waals surface area contributed by atoms with Gasteiger partial charge in [-0.05, 0) is 50.2 Å². The van der Waals surface area contributed by atoms with Crippen molar-refractivity contribution in [2.24, 2.45) is 0 Å². The number of nitrogens with one attached hydrogen (secondary N) is 1. The molecule has 0 spiro atoms. The van der Waals surface area contributed by atoms with E-state index in [9.17, 15) is 13.2 Å². The minimum atomic E-state index is -3.75. The third-order valence-corrected chi connectivity index (χ3v) is 9.04. The summed E-state index contributed by atoms with van der Waals surface area (Å²) < 4.78 is 36.3. The van der Waals surface area contributed by atoms with E-state index in [1.807, 2.05) is 25.1 Å². The van der Waals surface area contributed by atoms with Crippen LogP contribution in [0.2, 0.25) is 0 Å². The van der Waals surface area contributed by atoms with Crippen LogP contribution in [0.5, 0.6) is 5.75 Å². The summed E-state index contributed by atoms with van der Waals surface area (Å²) in [7, 11) is -3.75. The second kappa shape index (κ2) is 11.9. The molecule has 1 aliphatic rings. The molecule has 4 heterocycles. The fourth-order valence-corrected chi connectivity index (χ4v) is 6.47. The average Bonchev–Trinajstić information content (AvgIpc) is 3.31. The van der Waals surface area contributed by atoms with E-state index in [0.29, 0.717) is 62.6 Å². The SMILES string of the molecule is CCCc1c2nc(-c3cc(S(=O)(=O)N4CCN(CC)CC4)ccc3OCC)[nH]c(=O)c2nn1Cc1ccccn1. The minimum absolute atomic E-state index is 0.137.